The molecule has 0 aromatic carbocycles. The van der Waals surface area contributed by atoms with Crippen molar-refractivity contribution in [1.82, 2.24) is 0 Å². The molecule has 0 rings (SSSR count). The number of aliphatic carboxylic acids is 1. The first-order chi connectivity index (χ1) is 13.1. The molecule has 0 aliphatic heterocycles. The molecule has 5 heteroatoms. The number of rotatable bonds is 19. The van der Waals surface area contributed by atoms with Crippen molar-refractivity contribution in [3.05, 3.63) is 12.2 Å². The Morgan fingerprint density at radius 2 is 1.56 bits per heavy atom. The van der Waals surface area contributed by atoms with Crippen molar-refractivity contribution in [1.29, 1.82) is 0 Å². The van der Waals surface area contributed by atoms with Crippen molar-refractivity contribution in [2.45, 2.75) is 103 Å². The first-order valence-corrected chi connectivity index (χ1v) is 10.6. The highest BCUT2D eigenvalue weighted by Gasteiger charge is 2.09. The standard InChI is InChI=1S/C22H38O5/c1-2-3-4-5-8-11-14-20(17-18-22(26)27-19-23)15-12-9-6-7-10-13-16-21(24)25/h12,15,19-20H,2-11,13-14,16-18H2,1H3,(H,24,25)/b15-12-. The molecular formula is C22H38O5. The summed E-state index contributed by atoms with van der Waals surface area (Å²) in [7, 11) is 0. The van der Waals surface area contributed by atoms with Crippen LogP contribution in [0, 0.1) is 5.92 Å². The molecule has 1 unspecified atom stereocenters. The third kappa shape index (κ3) is 18.9. The van der Waals surface area contributed by atoms with E-state index in [-0.39, 0.29) is 19.3 Å². The van der Waals surface area contributed by atoms with E-state index in [0.717, 1.165) is 51.4 Å². The zero-order valence-electron chi connectivity index (χ0n) is 17.0. The van der Waals surface area contributed by atoms with Gasteiger partial charge < -0.3 is 9.84 Å². The molecule has 0 amide bonds. The maximum absolute atomic E-state index is 11.4. The summed E-state index contributed by atoms with van der Waals surface area (Å²) >= 11 is 0. The molecule has 0 saturated carbocycles. The average molecular weight is 383 g/mol. The molecule has 156 valence electrons. The largest absolute Gasteiger partial charge is 0.481 e. The van der Waals surface area contributed by atoms with E-state index in [9.17, 15) is 14.4 Å². The summed E-state index contributed by atoms with van der Waals surface area (Å²) in [5.74, 6) is -0.826. The van der Waals surface area contributed by atoms with E-state index in [1.54, 1.807) is 0 Å². The highest BCUT2D eigenvalue weighted by atomic mass is 16.6. The molecule has 0 aromatic heterocycles. The van der Waals surface area contributed by atoms with Gasteiger partial charge in [-0.15, -0.1) is 0 Å². The number of hydrogen-bond acceptors (Lipinski definition) is 4. The molecule has 1 N–H and O–H groups in total. The highest BCUT2D eigenvalue weighted by Crippen LogP contribution is 2.19. The number of ether oxygens (including phenoxy) is 1. The number of unbranched alkanes of at least 4 members (excludes halogenated alkanes) is 9. The van der Waals surface area contributed by atoms with E-state index >= 15 is 0 Å². The summed E-state index contributed by atoms with van der Waals surface area (Å²) in [6.45, 7) is 2.41. The zero-order chi connectivity index (χ0) is 20.2. The molecule has 0 heterocycles. The first kappa shape index (κ1) is 25.4. The summed E-state index contributed by atoms with van der Waals surface area (Å²) in [5, 5.41) is 8.61. The second-order valence-electron chi connectivity index (χ2n) is 7.22. The Morgan fingerprint density at radius 1 is 0.889 bits per heavy atom. The van der Waals surface area contributed by atoms with Crippen molar-refractivity contribution in [3.63, 3.8) is 0 Å². The number of hydrogen-bond donors (Lipinski definition) is 1. The molecule has 0 aromatic rings. The Morgan fingerprint density at radius 3 is 2.26 bits per heavy atom. The molecule has 5 nitrogen and oxygen atoms in total. The number of allylic oxidation sites excluding steroid dienone is 2. The lowest BCUT2D eigenvalue weighted by Crippen LogP contribution is -2.06. The van der Waals surface area contributed by atoms with Crippen molar-refractivity contribution in [2.24, 2.45) is 5.92 Å². The molecule has 0 spiro atoms. The van der Waals surface area contributed by atoms with Crippen molar-refractivity contribution >= 4 is 18.4 Å². The lowest BCUT2D eigenvalue weighted by atomic mass is 9.94. The Balaban J connectivity index is 4.05. The topological polar surface area (TPSA) is 80.7 Å². The average Bonchev–Trinajstić information content (AvgIpc) is 2.63. The minimum atomic E-state index is -0.722. The fourth-order valence-corrected chi connectivity index (χ4v) is 3.12. The van der Waals surface area contributed by atoms with Crippen LogP contribution in [0.1, 0.15) is 103 Å². The van der Waals surface area contributed by atoms with Crippen LogP contribution in [-0.2, 0) is 19.1 Å². The Kier molecular flexibility index (Phi) is 18.0. The monoisotopic (exact) mass is 382 g/mol. The van der Waals surface area contributed by atoms with E-state index in [2.05, 4.69) is 23.8 Å². The molecule has 0 bridgehead atoms. The maximum Gasteiger partial charge on any atom is 0.313 e. The summed E-state index contributed by atoms with van der Waals surface area (Å²) in [4.78, 5) is 32.1. The van der Waals surface area contributed by atoms with Gasteiger partial charge in [-0.25, -0.2) is 0 Å². The molecule has 0 saturated heterocycles. The van der Waals surface area contributed by atoms with E-state index in [4.69, 9.17) is 5.11 Å². The smallest absolute Gasteiger partial charge is 0.313 e. The van der Waals surface area contributed by atoms with Crippen molar-refractivity contribution < 1.29 is 24.2 Å². The van der Waals surface area contributed by atoms with Gasteiger partial charge in [0.05, 0.1) is 0 Å². The van der Waals surface area contributed by atoms with Gasteiger partial charge in [-0.2, -0.15) is 0 Å². The summed E-state index contributed by atoms with van der Waals surface area (Å²) in [6, 6.07) is 0. The van der Waals surface area contributed by atoms with Gasteiger partial charge in [0.15, 0.2) is 0 Å². The lowest BCUT2D eigenvalue weighted by Gasteiger charge is -2.12. The van der Waals surface area contributed by atoms with Gasteiger partial charge in [-0.3, -0.25) is 14.4 Å². The lowest BCUT2D eigenvalue weighted by molar-refractivity contribution is -0.151. The Hall–Kier alpha value is -1.65. The molecule has 0 radical (unpaired) electrons. The predicted octanol–water partition coefficient (Wildman–Crippen LogP) is 5.81. The minimum absolute atomic E-state index is 0.200. The van der Waals surface area contributed by atoms with Crippen LogP contribution in [0.4, 0.5) is 0 Å². The normalized spacial score (nSPS) is 12.2. The van der Waals surface area contributed by atoms with Crippen LogP contribution in [0.5, 0.6) is 0 Å². The van der Waals surface area contributed by atoms with Gasteiger partial charge >= 0.3 is 18.4 Å². The predicted molar refractivity (Wildman–Crippen MR) is 107 cm³/mol. The number of carboxylic acid groups (broad SMARTS) is 1. The number of esters is 1. The van der Waals surface area contributed by atoms with Gasteiger partial charge in [0, 0.05) is 12.8 Å². The second-order valence-corrected chi connectivity index (χ2v) is 7.22. The van der Waals surface area contributed by atoms with Crippen LogP contribution in [-0.4, -0.2) is 23.5 Å². The van der Waals surface area contributed by atoms with Crippen molar-refractivity contribution in [2.75, 3.05) is 0 Å². The number of carbonyl (C=O) groups is 3. The Labute approximate surface area is 164 Å². The summed E-state index contributed by atoms with van der Waals surface area (Å²) < 4.78 is 4.37. The molecule has 0 fully saturated rings. The first-order valence-electron chi connectivity index (χ1n) is 10.6. The van der Waals surface area contributed by atoms with Gasteiger partial charge in [0.2, 0.25) is 0 Å². The van der Waals surface area contributed by atoms with Crippen LogP contribution in [0.25, 0.3) is 0 Å². The van der Waals surface area contributed by atoms with Crippen LogP contribution in [0.15, 0.2) is 12.2 Å². The molecule has 1 atom stereocenters. The van der Waals surface area contributed by atoms with Crippen LogP contribution in [0.3, 0.4) is 0 Å². The van der Waals surface area contributed by atoms with Gasteiger partial charge in [-0.05, 0) is 38.0 Å². The molecule has 0 aliphatic rings. The number of carbonyl (C=O) groups excluding carboxylic acids is 2. The van der Waals surface area contributed by atoms with Gasteiger partial charge in [0.25, 0.3) is 0 Å². The summed E-state index contributed by atoms with van der Waals surface area (Å²) in [5.41, 5.74) is 0. The van der Waals surface area contributed by atoms with Gasteiger partial charge in [-0.1, -0.05) is 70.4 Å². The number of carboxylic acids is 1. The van der Waals surface area contributed by atoms with Crippen molar-refractivity contribution in [3.8, 4) is 0 Å². The van der Waals surface area contributed by atoms with Crippen LogP contribution >= 0.6 is 0 Å². The van der Waals surface area contributed by atoms with E-state index in [1.807, 2.05) is 0 Å². The molecular weight excluding hydrogens is 344 g/mol. The molecule has 0 aliphatic carbocycles. The minimum Gasteiger partial charge on any atom is -0.481 e. The quantitative estimate of drug-likeness (QED) is 0.100. The third-order valence-electron chi connectivity index (χ3n) is 4.75. The van der Waals surface area contributed by atoms with Crippen LogP contribution < -0.4 is 0 Å². The Bertz CT molecular complexity index is 417. The van der Waals surface area contributed by atoms with E-state index in [1.165, 1.54) is 32.1 Å². The van der Waals surface area contributed by atoms with Gasteiger partial charge in [0.1, 0.15) is 0 Å². The van der Waals surface area contributed by atoms with E-state index in [0.29, 0.717) is 5.92 Å². The maximum atomic E-state index is 11.4. The zero-order valence-corrected chi connectivity index (χ0v) is 17.0. The third-order valence-corrected chi connectivity index (χ3v) is 4.75. The van der Waals surface area contributed by atoms with E-state index < -0.39 is 11.9 Å². The summed E-state index contributed by atoms with van der Waals surface area (Å²) in [6.07, 6.45) is 19.0. The fourth-order valence-electron chi connectivity index (χ4n) is 3.12. The highest BCUT2D eigenvalue weighted by molar-refractivity contribution is 5.76. The molecule has 27 heavy (non-hydrogen) atoms. The fraction of sp³-hybridized carbons (Fsp3) is 0.773. The second kappa shape index (κ2) is 19.1. The van der Waals surface area contributed by atoms with Crippen LogP contribution in [0.2, 0.25) is 0 Å². The SMILES string of the molecule is CCCCCCCCC(/C=C\CCCCCCC(=O)O)CCC(=O)OC=O.